The zero-order chi connectivity index (χ0) is 11.4. The Bertz CT molecular complexity index is 307. The van der Waals surface area contributed by atoms with Gasteiger partial charge in [0, 0.05) is 16.3 Å². The van der Waals surface area contributed by atoms with Crippen molar-refractivity contribution >= 4 is 11.3 Å². The van der Waals surface area contributed by atoms with Crippen LogP contribution in [0.2, 0.25) is 0 Å². The van der Waals surface area contributed by atoms with Crippen LogP contribution >= 0.6 is 11.3 Å². The Hall–Kier alpha value is -0.380. The van der Waals surface area contributed by atoms with Crippen LogP contribution in [0.15, 0.2) is 6.07 Å². The van der Waals surface area contributed by atoms with E-state index in [0.29, 0.717) is 25.2 Å². The molecule has 1 unspecified atom stereocenters. The van der Waals surface area contributed by atoms with Gasteiger partial charge < -0.3 is 10.5 Å². The molecule has 3 heteroatoms. The summed E-state index contributed by atoms with van der Waals surface area (Å²) in [5.74, 6) is 0.568. The summed E-state index contributed by atoms with van der Waals surface area (Å²) < 4.78 is 5.79. The molecule has 1 atom stereocenters. The van der Waals surface area contributed by atoms with Crippen molar-refractivity contribution in [1.29, 1.82) is 0 Å². The van der Waals surface area contributed by atoms with E-state index in [0.717, 1.165) is 0 Å². The first-order valence-corrected chi connectivity index (χ1v) is 6.26. The van der Waals surface area contributed by atoms with Crippen LogP contribution in [0.5, 0.6) is 0 Å². The van der Waals surface area contributed by atoms with Gasteiger partial charge in [0.15, 0.2) is 0 Å². The van der Waals surface area contributed by atoms with Gasteiger partial charge in [-0.15, -0.1) is 11.3 Å². The van der Waals surface area contributed by atoms with Gasteiger partial charge in [-0.1, -0.05) is 13.8 Å². The molecular weight excluding hydrogens is 206 g/mol. The standard InChI is InChI=1S/C12H21NOS/c1-8(2)9(3)14-7-11-5-12(6-13)15-10(11)4/h5,8-9H,6-7,13H2,1-4H3. The zero-order valence-corrected chi connectivity index (χ0v) is 10.9. The van der Waals surface area contributed by atoms with Crippen molar-refractivity contribution in [2.45, 2.75) is 47.0 Å². The molecule has 0 aliphatic carbocycles. The van der Waals surface area contributed by atoms with Crippen molar-refractivity contribution in [2.75, 3.05) is 0 Å². The van der Waals surface area contributed by atoms with E-state index in [-0.39, 0.29) is 0 Å². The molecule has 1 heterocycles. The molecule has 0 aliphatic rings. The minimum atomic E-state index is 0.311. The van der Waals surface area contributed by atoms with Crippen molar-refractivity contribution in [2.24, 2.45) is 11.7 Å². The summed E-state index contributed by atoms with van der Waals surface area (Å²) >= 11 is 1.77. The molecule has 2 nitrogen and oxygen atoms in total. The first-order chi connectivity index (χ1) is 7.04. The molecule has 0 aliphatic heterocycles. The second kappa shape index (κ2) is 5.64. The van der Waals surface area contributed by atoms with Gasteiger partial charge in [-0.05, 0) is 31.4 Å². The molecule has 0 saturated heterocycles. The molecular formula is C12H21NOS. The monoisotopic (exact) mass is 227 g/mol. The van der Waals surface area contributed by atoms with Crippen LogP contribution in [-0.4, -0.2) is 6.10 Å². The molecule has 1 rings (SSSR count). The fourth-order valence-corrected chi connectivity index (χ4v) is 2.17. The van der Waals surface area contributed by atoms with Crippen molar-refractivity contribution in [3.63, 3.8) is 0 Å². The van der Waals surface area contributed by atoms with E-state index in [9.17, 15) is 0 Å². The van der Waals surface area contributed by atoms with Crippen LogP contribution in [0.25, 0.3) is 0 Å². The van der Waals surface area contributed by atoms with Gasteiger partial charge in [0.2, 0.25) is 0 Å². The highest BCUT2D eigenvalue weighted by Gasteiger charge is 2.10. The molecule has 0 radical (unpaired) electrons. The summed E-state index contributed by atoms with van der Waals surface area (Å²) in [4.78, 5) is 2.56. The van der Waals surface area contributed by atoms with E-state index in [4.69, 9.17) is 10.5 Å². The van der Waals surface area contributed by atoms with E-state index in [1.54, 1.807) is 11.3 Å². The lowest BCUT2D eigenvalue weighted by Gasteiger charge is -2.16. The van der Waals surface area contributed by atoms with Gasteiger partial charge in [-0.25, -0.2) is 0 Å². The van der Waals surface area contributed by atoms with E-state index in [1.807, 2.05) is 0 Å². The van der Waals surface area contributed by atoms with Crippen LogP contribution in [-0.2, 0) is 17.9 Å². The largest absolute Gasteiger partial charge is 0.374 e. The number of ether oxygens (including phenoxy) is 1. The van der Waals surface area contributed by atoms with Crippen molar-refractivity contribution in [3.8, 4) is 0 Å². The Labute approximate surface area is 96.4 Å². The Morgan fingerprint density at radius 2 is 2.07 bits per heavy atom. The maximum Gasteiger partial charge on any atom is 0.0731 e. The minimum absolute atomic E-state index is 0.311. The third kappa shape index (κ3) is 3.59. The molecule has 0 fully saturated rings. The van der Waals surface area contributed by atoms with Gasteiger partial charge in [0.1, 0.15) is 0 Å². The highest BCUT2D eigenvalue weighted by atomic mass is 32.1. The molecule has 2 N–H and O–H groups in total. The minimum Gasteiger partial charge on any atom is -0.374 e. The molecule has 0 bridgehead atoms. The highest BCUT2D eigenvalue weighted by Crippen LogP contribution is 2.22. The maximum atomic E-state index is 5.79. The van der Waals surface area contributed by atoms with Gasteiger partial charge in [0.05, 0.1) is 12.7 Å². The number of rotatable bonds is 5. The number of hydrogen-bond donors (Lipinski definition) is 1. The van der Waals surface area contributed by atoms with E-state index in [1.165, 1.54) is 15.3 Å². The van der Waals surface area contributed by atoms with Crippen LogP contribution in [0.3, 0.4) is 0 Å². The summed E-state index contributed by atoms with van der Waals surface area (Å²) in [5.41, 5.74) is 6.89. The fraction of sp³-hybridized carbons (Fsp3) is 0.667. The smallest absolute Gasteiger partial charge is 0.0731 e. The van der Waals surface area contributed by atoms with E-state index >= 15 is 0 Å². The van der Waals surface area contributed by atoms with Crippen molar-refractivity contribution < 1.29 is 4.74 Å². The zero-order valence-electron chi connectivity index (χ0n) is 10.0. The summed E-state index contributed by atoms with van der Waals surface area (Å²) in [6.45, 7) is 9.94. The molecule has 1 aromatic rings. The van der Waals surface area contributed by atoms with Crippen molar-refractivity contribution in [3.05, 3.63) is 21.4 Å². The second-order valence-corrected chi connectivity index (χ2v) is 5.60. The Morgan fingerprint density at radius 1 is 1.40 bits per heavy atom. The summed E-state index contributed by atoms with van der Waals surface area (Å²) in [6.07, 6.45) is 0.311. The van der Waals surface area contributed by atoms with Crippen molar-refractivity contribution in [1.82, 2.24) is 0 Å². The summed E-state index contributed by atoms with van der Waals surface area (Å²) in [7, 11) is 0. The van der Waals surface area contributed by atoms with Gasteiger partial charge in [0.25, 0.3) is 0 Å². The lowest BCUT2D eigenvalue weighted by molar-refractivity contribution is 0.0234. The van der Waals surface area contributed by atoms with Crippen LogP contribution in [0.1, 0.15) is 36.1 Å². The molecule has 0 saturated carbocycles. The van der Waals surface area contributed by atoms with Crippen LogP contribution < -0.4 is 5.73 Å². The molecule has 0 amide bonds. The Morgan fingerprint density at radius 3 is 2.53 bits per heavy atom. The molecule has 1 aromatic heterocycles. The summed E-state index contributed by atoms with van der Waals surface area (Å²) in [6, 6.07) is 2.16. The molecule has 0 spiro atoms. The maximum absolute atomic E-state index is 5.79. The number of aryl methyl sites for hydroxylation is 1. The van der Waals surface area contributed by atoms with Gasteiger partial charge in [-0.2, -0.15) is 0 Å². The average Bonchev–Trinajstić information content (AvgIpc) is 2.55. The predicted octanol–water partition coefficient (Wildman–Crippen LogP) is 3.08. The van der Waals surface area contributed by atoms with E-state index < -0.39 is 0 Å². The average molecular weight is 227 g/mol. The second-order valence-electron chi connectivity index (χ2n) is 4.26. The first-order valence-electron chi connectivity index (χ1n) is 5.44. The normalized spacial score (nSPS) is 13.5. The molecule has 86 valence electrons. The fourth-order valence-electron chi connectivity index (χ4n) is 1.25. The van der Waals surface area contributed by atoms with Gasteiger partial charge in [-0.3, -0.25) is 0 Å². The Kier molecular flexibility index (Phi) is 4.77. The predicted molar refractivity (Wildman–Crippen MR) is 66.0 cm³/mol. The number of nitrogens with two attached hydrogens (primary N) is 1. The quantitative estimate of drug-likeness (QED) is 0.839. The van der Waals surface area contributed by atoms with Crippen LogP contribution in [0, 0.1) is 12.8 Å². The topological polar surface area (TPSA) is 35.2 Å². The molecule has 15 heavy (non-hydrogen) atoms. The van der Waals surface area contributed by atoms with Crippen LogP contribution in [0.4, 0.5) is 0 Å². The Balaban J connectivity index is 2.53. The molecule has 0 aromatic carbocycles. The van der Waals surface area contributed by atoms with E-state index in [2.05, 4.69) is 33.8 Å². The number of thiophene rings is 1. The third-order valence-electron chi connectivity index (χ3n) is 2.71. The third-order valence-corrected chi connectivity index (χ3v) is 3.83. The highest BCUT2D eigenvalue weighted by molar-refractivity contribution is 7.12. The first kappa shape index (κ1) is 12.7. The lowest BCUT2D eigenvalue weighted by Crippen LogP contribution is -2.15. The van der Waals surface area contributed by atoms with Gasteiger partial charge >= 0.3 is 0 Å². The summed E-state index contributed by atoms with van der Waals surface area (Å²) in [5, 5.41) is 0. The lowest BCUT2D eigenvalue weighted by atomic mass is 10.1. The SMILES string of the molecule is Cc1sc(CN)cc1COC(C)C(C)C. The number of hydrogen-bond acceptors (Lipinski definition) is 3.